The first-order valence-electron chi connectivity index (χ1n) is 7.14. The summed E-state index contributed by atoms with van der Waals surface area (Å²) in [4.78, 5) is 2.39. The zero-order valence-corrected chi connectivity index (χ0v) is 14.6. The van der Waals surface area contributed by atoms with Crippen LogP contribution in [-0.4, -0.2) is 19.6 Å². The number of hydrogen-bond acceptors (Lipinski definition) is 2. The molecular weight excluding hydrogens is 300 g/mol. The van der Waals surface area contributed by atoms with Crippen LogP contribution in [0.15, 0.2) is 22.7 Å². The number of nitrogens with one attached hydrogen (secondary N) is 1. The Hall–Kier alpha value is -0.540. The molecule has 0 spiro atoms. The second kappa shape index (κ2) is 7.30. The molecule has 1 N–H and O–H groups in total. The van der Waals surface area contributed by atoms with Crippen LogP contribution in [0.4, 0.5) is 5.69 Å². The molecule has 1 aromatic rings. The summed E-state index contributed by atoms with van der Waals surface area (Å²) in [6.45, 7) is 12.2. The molecule has 0 aliphatic rings. The Kier molecular flexibility index (Phi) is 6.34. The molecule has 0 radical (unpaired) electrons. The number of anilines is 1. The number of halogens is 1. The van der Waals surface area contributed by atoms with Crippen molar-refractivity contribution < 1.29 is 0 Å². The fraction of sp³-hybridized carbons (Fsp3) is 0.625. The first kappa shape index (κ1) is 16.5. The van der Waals surface area contributed by atoms with Crippen LogP contribution >= 0.6 is 15.9 Å². The van der Waals surface area contributed by atoms with E-state index < -0.39 is 0 Å². The molecule has 0 fully saturated rings. The maximum Gasteiger partial charge on any atom is 0.0415 e. The highest BCUT2D eigenvalue weighted by atomic mass is 79.9. The van der Waals surface area contributed by atoms with Crippen molar-refractivity contribution in [1.29, 1.82) is 0 Å². The molecule has 0 aliphatic carbocycles. The fourth-order valence-electron chi connectivity index (χ4n) is 2.28. The van der Waals surface area contributed by atoms with E-state index in [0.29, 0.717) is 18.0 Å². The number of hydrogen-bond donors (Lipinski definition) is 1. The van der Waals surface area contributed by atoms with Crippen LogP contribution in [0.1, 0.15) is 46.2 Å². The Morgan fingerprint density at radius 1 is 1.21 bits per heavy atom. The van der Waals surface area contributed by atoms with Gasteiger partial charge < -0.3 is 10.2 Å². The smallest absolute Gasteiger partial charge is 0.0415 e. The van der Waals surface area contributed by atoms with E-state index in [1.807, 2.05) is 0 Å². The largest absolute Gasteiger partial charge is 0.371 e. The maximum absolute atomic E-state index is 3.58. The lowest BCUT2D eigenvalue weighted by Crippen LogP contribution is -2.34. The molecule has 3 heteroatoms. The summed E-state index contributed by atoms with van der Waals surface area (Å²) in [5, 5.41) is 3.50. The van der Waals surface area contributed by atoms with Gasteiger partial charge in [-0.3, -0.25) is 0 Å². The molecule has 2 nitrogen and oxygen atoms in total. The molecular formula is C16H27BrN2. The molecule has 108 valence electrons. The molecule has 0 heterocycles. The summed E-state index contributed by atoms with van der Waals surface area (Å²) in [7, 11) is 2.19. The topological polar surface area (TPSA) is 15.3 Å². The van der Waals surface area contributed by atoms with E-state index >= 15 is 0 Å². The fourth-order valence-corrected chi connectivity index (χ4v) is 2.65. The van der Waals surface area contributed by atoms with Crippen LogP contribution in [0.3, 0.4) is 0 Å². The van der Waals surface area contributed by atoms with Crippen LogP contribution < -0.4 is 10.2 Å². The monoisotopic (exact) mass is 326 g/mol. The number of benzene rings is 1. The van der Waals surface area contributed by atoms with Gasteiger partial charge in [0.25, 0.3) is 0 Å². The highest BCUT2D eigenvalue weighted by molar-refractivity contribution is 9.10. The second-order valence-corrected chi connectivity index (χ2v) is 6.49. The van der Waals surface area contributed by atoms with Crippen LogP contribution in [0, 0.1) is 5.92 Å². The second-order valence-electron chi connectivity index (χ2n) is 5.58. The van der Waals surface area contributed by atoms with Gasteiger partial charge in [0.2, 0.25) is 0 Å². The summed E-state index contributed by atoms with van der Waals surface area (Å²) in [6, 6.07) is 7.45. The lowest BCUT2D eigenvalue weighted by atomic mass is 10.0. The molecule has 0 amide bonds. The van der Waals surface area contributed by atoms with Crippen molar-refractivity contribution in [2.24, 2.45) is 5.92 Å². The van der Waals surface area contributed by atoms with Crippen LogP contribution in [0.25, 0.3) is 0 Å². The molecule has 0 bridgehead atoms. The summed E-state index contributed by atoms with van der Waals surface area (Å²) < 4.78 is 1.14. The molecule has 0 aromatic heterocycles. The van der Waals surface area contributed by atoms with Crippen molar-refractivity contribution in [2.75, 3.05) is 18.5 Å². The molecule has 0 aliphatic heterocycles. The Morgan fingerprint density at radius 3 is 2.37 bits per heavy atom. The maximum atomic E-state index is 3.58. The van der Waals surface area contributed by atoms with Gasteiger partial charge in [0.15, 0.2) is 0 Å². The van der Waals surface area contributed by atoms with Crippen molar-refractivity contribution in [3.63, 3.8) is 0 Å². The van der Waals surface area contributed by atoms with Crippen LogP contribution in [0.2, 0.25) is 0 Å². The average Bonchev–Trinajstić information content (AvgIpc) is 2.37. The first-order chi connectivity index (χ1) is 8.88. The summed E-state index contributed by atoms with van der Waals surface area (Å²) in [6.07, 6.45) is 0. The van der Waals surface area contributed by atoms with Gasteiger partial charge in [-0.25, -0.2) is 0 Å². The lowest BCUT2D eigenvalue weighted by Gasteiger charge is -2.33. The highest BCUT2D eigenvalue weighted by Gasteiger charge is 2.19. The van der Waals surface area contributed by atoms with Gasteiger partial charge in [0.1, 0.15) is 0 Å². The van der Waals surface area contributed by atoms with Gasteiger partial charge >= 0.3 is 0 Å². The zero-order valence-electron chi connectivity index (χ0n) is 13.0. The van der Waals surface area contributed by atoms with Crippen molar-refractivity contribution in [2.45, 2.75) is 46.7 Å². The third-order valence-corrected chi connectivity index (χ3v) is 4.42. The van der Waals surface area contributed by atoms with Gasteiger partial charge in [0, 0.05) is 29.3 Å². The van der Waals surface area contributed by atoms with Gasteiger partial charge in [-0.15, -0.1) is 0 Å². The Balaban J connectivity index is 3.12. The van der Waals surface area contributed by atoms with Crippen molar-refractivity contribution in [1.82, 2.24) is 5.32 Å². The Morgan fingerprint density at radius 2 is 1.84 bits per heavy atom. The van der Waals surface area contributed by atoms with E-state index in [-0.39, 0.29) is 0 Å². The van der Waals surface area contributed by atoms with Crippen molar-refractivity contribution in [3.8, 4) is 0 Å². The van der Waals surface area contributed by atoms with E-state index in [1.165, 1.54) is 11.3 Å². The predicted molar refractivity (Wildman–Crippen MR) is 88.9 cm³/mol. The minimum atomic E-state index is 0.360. The van der Waals surface area contributed by atoms with E-state index in [2.05, 4.69) is 86.0 Å². The van der Waals surface area contributed by atoms with Gasteiger partial charge in [0.05, 0.1) is 0 Å². The summed E-state index contributed by atoms with van der Waals surface area (Å²) in [5.74, 6) is 0.635. The molecule has 2 unspecified atom stereocenters. The van der Waals surface area contributed by atoms with Crippen LogP contribution in [0.5, 0.6) is 0 Å². The van der Waals surface area contributed by atoms with E-state index in [9.17, 15) is 0 Å². The molecule has 1 aromatic carbocycles. The Labute approximate surface area is 126 Å². The molecule has 0 saturated heterocycles. The minimum absolute atomic E-state index is 0.360. The summed E-state index contributed by atoms with van der Waals surface area (Å²) >= 11 is 3.58. The predicted octanol–water partition coefficient (Wildman–Crippen LogP) is 4.60. The SMILES string of the molecule is CCNC(C)c1cc(Br)ccc1N(C)C(C)C(C)C. The number of nitrogens with zero attached hydrogens (tertiary/aromatic N) is 1. The normalized spacial score (nSPS) is 14.5. The number of rotatable bonds is 6. The highest BCUT2D eigenvalue weighted by Crippen LogP contribution is 2.31. The Bertz CT molecular complexity index is 404. The first-order valence-corrected chi connectivity index (χ1v) is 7.93. The van der Waals surface area contributed by atoms with Crippen molar-refractivity contribution in [3.05, 3.63) is 28.2 Å². The zero-order chi connectivity index (χ0) is 14.6. The van der Waals surface area contributed by atoms with E-state index in [1.54, 1.807) is 0 Å². The molecule has 1 rings (SSSR count). The standard InChI is InChI=1S/C16H27BrN2/c1-7-18-12(4)15-10-14(17)8-9-16(15)19(6)13(5)11(2)3/h8-13,18H,7H2,1-6H3. The van der Waals surface area contributed by atoms with E-state index in [0.717, 1.165) is 11.0 Å². The third-order valence-electron chi connectivity index (χ3n) is 3.92. The third kappa shape index (κ3) is 4.22. The minimum Gasteiger partial charge on any atom is -0.371 e. The quantitative estimate of drug-likeness (QED) is 0.821. The van der Waals surface area contributed by atoms with Crippen LogP contribution in [-0.2, 0) is 0 Å². The van der Waals surface area contributed by atoms with Gasteiger partial charge in [-0.05, 0) is 50.1 Å². The van der Waals surface area contributed by atoms with Gasteiger partial charge in [-0.2, -0.15) is 0 Å². The molecule has 2 atom stereocenters. The average molecular weight is 327 g/mol. The molecule has 0 saturated carbocycles. The van der Waals surface area contributed by atoms with E-state index in [4.69, 9.17) is 0 Å². The lowest BCUT2D eigenvalue weighted by molar-refractivity contribution is 0.502. The molecule has 19 heavy (non-hydrogen) atoms. The summed E-state index contributed by atoms with van der Waals surface area (Å²) in [5.41, 5.74) is 2.67. The van der Waals surface area contributed by atoms with Crippen molar-refractivity contribution >= 4 is 21.6 Å². The van der Waals surface area contributed by atoms with Gasteiger partial charge in [-0.1, -0.05) is 36.7 Å².